The predicted octanol–water partition coefficient (Wildman–Crippen LogP) is 4.90. The van der Waals surface area contributed by atoms with Gasteiger partial charge in [0.1, 0.15) is 19.3 Å². The highest BCUT2D eigenvalue weighted by Crippen LogP contribution is 2.28. The highest BCUT2D eigenvalue weighted by molar-refractivity contribution is 6.34. The highest BCUT2D eigenvalue weighted by Gasteiger charge is 2.25. The summed E-state index contributed by atoms with van der Waals surface area (Å²) in [5.74, 6) is 2.12. The van der Waals surface area contributed by atoms with Crippen LogP contribution in [0.5, 0.6) is 11.5 Å². The number of para-hydroxylation sites is 1. The van der Waals surface area contributed by atoms with Gasteiger partial charge in [0, 0.05) is 24.2 Å². The number of benzene rings is 3. The number of hydrogen-bond donors (Lipinski definition) is 1. The van der Waals surface area contributed by atoms with Crippen LogP contribution in [-0.2, 0) is 6.54 Å². The first-order valence-electron chi connectivity index (χ1n) is 13.4. The van der Waals surface area contributed by atoms with E-state index in [2.05, 4.69) is 16.8 Å². The van der Waals surface area contributed by atoms with Crippen molar-refractivity contribution in [3.05, 3.63) is 77.9 Å². The van der Waals surface area contributed by atoms with Crippen molar-refractivity contribution < 1.29 is 9.53 Å². The molecular weight excluding hydrogens is 459 g/mol. The average Bonchev–Trinajstić information content (AvgIpc) is 3.23. The number of rotatable bonds is 8. The van der Waals surface area contributed by atoms with Crippen molar-refractivity contribution in [2.75, 3.05) is 12.3 Å². The number of fused-ring (bicyclic) bond motifs is 1. The third-order valence-corrected chi connectivity index (χ3v) is 7.33. The molecule has 0 spiro atoms. The minimum atomic E-state index is 0.132. The lowest BCUT2D eigenvalue weighted by Crippen LogP contribution is -2.42. The Morgan fingerprint density at radius 1 is 1.08 bits per heavy atom. The molecular formula is C30H35BN4O2. The quantitative estimate of drug-likeness (QED) is 0.354. The van der Waals surface area contributed by atoms with E-state index >= 15 is 0 Å². The molecule has 3 aromatic carbocycles. The van der Waals surface area contributed by atoms with Gasteiger partial charge >= 0.3 is 0 Å². The Bertz CT molecular complexity index is 1390. The van der Waals surface area contributed by atoms with E-state index in [-0.39, 0.29) is 5.91 Å². The van der Waals surface area contributed by atoms with Gasteiger partial charge in [-0.05, 0) is 60.6 Å². The second-order valence-electron chi connectivity index (χ2n) is 10.1. The molecule has 2 N–H and O–H groups in total. The van der Waals surface area contributed by atoms with E-state index in [1.54, 1.807) is 0 Å². The smallest absolute Gasteiger partial charge is 0.254 e. The maximum Gasteiger partial charge on any atom is 0.254 e. The Labute approximate surface area is 219 Å². The molecule has 0 aliphatic heterocycles. The van der Waals surface area contributed by atoms with Crippen molar-refractivity contribution in [3.63, 3.8) is 0 Å². The van der Waals surface area contributed by atoms with Crippen LogP contribution in [0.2, 0.25) is 0 Å². The Morgan fingerprint density at radius 2 is 1.89 bits per heavy atom. The lowest BCUT2D eigenvalue weighted by atomic mass is 9.93. The molecule has 1 aliphatic carbocycles. The SMILES string of the molecule is Bc1ccccc1Oc1ccc2nc(N)n(Cc3cccc(C(=O)N(CCC)C4CCCCC4)c3)c2c1. The first kappa shape index (κ1) is 24.9. The van der Waals surface area contributed by atoms with Gasteiger partial charge in [-0.1, -0.05) is 56.5 Å². The summed E-state index contributed by atoms with van der Waals surface area (Å²) in [6.45, 7) is 3.47. The van der Waals surface area contributed by atoms with Crippen molar-refractivity contribution in [1.82, 2.24) is 14.5 Å². The minimum absolute atomic E-state index is 0.132. The number of imidazole rings is 1. The molecule has 1 aliphatic rings. The number of aromatic nitrogens is 2. The molecule has 0 bridgehead atoms. The summed E-state index contributed by atoms with van der Waals surface area (Å²) in [4.78, 5) is 20.2. The standard InChI is InChI=1S/C30H35BN4O2/c1-2-17-34(23-11-4-3-5-12-23)29(36)22-10-8-9-21(18-22)20-35-27-19-24(15-16-26(27)33-30(35)32)37-28-14-7-6-13-25(28)31/h6-10,13-16,18-19,23H,2-5,11-12,17,20,31H2,1H3,(H2,32,33). The van der Waals surface area contributed by atoms with Crippen LogP contribution >= 0.6 is 0 Å². The summed E-state index contributed by atoms with van der Waals surface area (Å²) in [6.07, 6.45) is 6.87. The topological polar surface area (TPSA) is 73.4 Å². The Morgan fingerprint density at radius 3 is 2.68 bits per heavy atom. The maximum absolute atomic E-state index is 13.6. The van der Waals surface area contributed by atoms with Crippen molar-refractivity contribution in [3.8, 4) is 11.5 Å². The largest absolute Gasteiger partial charge is 0.458 e. The van der Waals surface area contributed by atoms with Gasteiger partial charge in [0.25, 0.3) is 5.91 Å². The molecule has 37 heavy (non-hydrogen) atoms. The molecule has 0 atom stereocenters. The number of nitrogens with zero attached hydrogens (tertiary/aromatic N) is 3. The first-order chi connectivity index (χ1) is 18.0. The summed E-state index contributed by atoms with van der Waals surface area (Å²) in [5, 5.41) is 0. The lowest BCUT2D eigenvalue weighted by Gasteiger charge is -2.34. The number of ether oxygens (including phenoxy) is 1. The summed E-state index contributed by atoms with van der Waals surface area (Å²) in [6, 6.07) is 22.1. The Hall–Kier alpha value is -3.74. The van der Waals surface area contributed by atoms with Crippen molar-refractivity contribution in [2.24, 2.45) is 0 Å². The van der Waals surface area contributed by atoms with Crippen LogP contribution in [0.1, 0.15) is 61.4 Å². The van der Waals surface area contributed by atoms with Gasteiger partial charge in [0.2, 0.25) is 5.95 Å². The van der Waals surface area contributed by atoms with Crippen LogP contribution in [0.25, 0.3) is 11.0 Å². The van der Waals surface area contributed by atoms with Crippen LogP contribution in [-0.4, -0.2) is 40.8 Å². The molecule has 0 saturated heterocycles. The molecule has 0 radical (unpaired) electrons. The van der Waals surface area contributed by atoms with Crippen LogP contribution in [0, 0.1) is 0 Å². The lowest BCUT2D eigenvalue weighted by molar-refractivity contribution is 0.0634. The zero-order valence-corrected chi connectivity index (χ0v) is 21.8. The van der Waals surface area contributed by atoms with Crippen molar-refractivity contribution >= 4 is 36.2 Å². The van der Waals surface area contributed by atoms with Gasteiger partial charge in [0.05, 0.1) is 17.6 Å². The fourth-order valence-corrected chi connectivity index (χ4v) is 5.38. The van der Waals surface area contributed by atoms with Crippen LogP contribution < -0.4 is 15.9 Å². The molecule has 6 nitrogen and oxygen atoms in total. The van der Waals surface area contributed by atoms with E-state index in [4.69, 9.17) is 10.5 Å². The van der Waals surface area contributed by atoms with E-state index in [1.165, 1.54) is 19.3 Å². The maximum atomic E-state index is 13.6. The number of nitrogen functional groups attached to an aromatic ring is 1. The number of carbonyl (C=O) groups is 1. The molecule has 1 heterocycles. The highest BCUT2D eigenvalue weighted by atomic mass is 16.5. The van der Waals surface area contributed by atoms with E-state index < -0.39 is 0 Å². The van der Waals surface area contributed by atoms with Gasteiger partial charge in [-0.3, -0.25) is 4.79 Å². The molecule has 5 rings (SSSR count). The van der Waals surface area contributed by atoms with Gasteiger partial charge in [-0.15, -0.1) is 0 Å². The van der Waals surface area contributed by atoms with E-state index in [0.717, 1.165) is 64.9 Å². The van der Waals surface area contributed by atoms with Crippen LogP contribution in [0.4, 0.5) is 5.95 Å². The molecule has 4 aromatic rings. The normalized spacial score (nSPS) is 14.1. The Balaban J connectivity index is 1.40. The molecule has 1 saturated carbocycles. The van der Waals surface area contributed by atoms with Crippen LogP contribution in [0.15, 0.2) is 66.7 Å². The van der Waals surface area contributed by atoms with Crippen molar-refractivity contribution in [1.29, 1.82) is 0 Å². The zero-order chi connectivity index (χ0) is 25.8. The van der Waals surface area contributed by atoms with Gasteiger partial charge in [-0.25, -0.2) is 4.98 Å². The summed E-state index contributed by atoms with van der Waals surface area (Å²) in [5.41, 5.74) is 10.9. The van der Waals surface area contributed by atoms with E-state index in [1.807, 2.05) is 79.1 Å². The van der Waals surface area contributed by atoms with E-state index in [0.29, 0.717) is 18.5 Å². The van der Waals surface area contributed by atoms with Gasteiger partial charge < -0.3 is 19.9 Å². The summed E-state index contributed by atoms with van der Waals surface area (Å²) in [7, 11) is 2.03. The molecule has 0 unspecified atom stereocenters. The third kappa shape index (κ3) is 5.51. The fraction of sp³-hybridized carbons (Fsp3) is 0.333. The zero-order valence-electron chi connectivity index (χ0n) is 21.8. The predicted molar refractivity (Wildman–Crippen MR) is 153 cm³/mol. The number of hydrogen-bond acceptors (Lipinski definition) is 4. The molecule has 7 heteroatoms. The second-order valence-corrected chi connectivity index (χ2v) is 10.1. The number of carbonyl (C=O) groups excluding carboxylic acids is 1. The number of anilines is 1. The first-order valence-corrected chi connectivity index (χ1v) is 13.4. The number of amides is 1. The summed E-state index contributed by atoms with van der Waals surface area (Å²) >= 11 is 0. The monoisotopic (exact) mass is 494 g/mol. The molecule has 1 fully saturated rings. The summed E-state index contributed by atoms with van der Waals surface area (Å²) < 4.78 is 8.14. The molecule has 1 amide bonds. The van der Waals surface area contributed by atoms with Crippen LogP contribution in [0.3, 0.4) is 0 Å². The van der Waals surface area contributed by atoms with Gasteiger partial charge in [0.15, 0.2) is 0 Å². The Kier molecular flexibility index (Phi) is 7.49. The minimum Gasteiger partial charge on any atom is -0.458 e. The van der Waals surface area contributed by atoms with Crippen molar-refractivity contribution in [2.45, 2.75) is 58.0 Å². The van der Waals surface area contributed by atoms with E-state index in [9.17, 15) is 4.79 Å². The fourth-order valence-electron chi connectivity index (χ4n) is 5.38. The molecule has 190 valence electrons. The average molecular weight is 494 g/mol. The molecule has 1 aromatic heterocycles. The van der Waals surface area contributed by atoms with Gasteiger partial charge in [-0.2, -0.15) is 0 Å². The second kappa shape index (κ2) is 11.1. The third-order valence-electron chi connectivity index (χ3n) is 7.33. The number of nitrogens with two attached hydrogens (primary N) is 1.